The second kappa shape index (κ2) is 10.4. The summed E-state index contributed by atoms with van der Waals surface area (Å²) in [4.78, 5) is 12.9. The van der Waals surface area contributed by atoms with Gasteiger partial charge in [-0.15, -0.1) is 0 Å². The lowest BCUT2D eigenvalue weighted by molar-refractivity contribution is 0.102. The zero-order chi connectivity index (χ0) is 24.9. The number of aromatic hydroxyl groups is 1. The van der Waals surface area contributed by atoms with Crippen LogP contribution in [0.15, 0.2) is 91.0 Å². The Balaban J connectivity index is 1.62. The summed E-state index contributed by atoms with van der Waals surface area (Å²) in [5.74, 6) is -0.744. The quantitative estimate of drug-likeness (QED) is 0.226. The Kier molecular flexibility index (Phi) is 7.09. The maximum Gasteiger partial charge on any atom is 0.266 e. The van der Waals surface area contributed by atoms with Crippen molar-refractivity contribution < 1.29 is 27.8 Å². The number of benzene rings is 4. The SMILES string of the molecule is COc1cc(C(=O)Nc2ccc(O)c(N(c3ccc(F)cc3)S(=O)O)c2)ccc1-c1ccccc1. The van der Waals surface area contributed by atoms with Crippen LogP contribution in [0, 0.1) is 5.82 Å². The molecule has 1 amide bonds. The summed E-state index contributed by atoms with van der Waals surface area (Å²) in [6.45, 7) is 0. The molecule has 0 aliphatic rings. The number of methoxy groups -OCH3 is 1. The highest BCUT2D eigenvalue weighted by molar-refractivity contribution is 7.81. The smallest absolute Gasteiger partial charge is 0.266 e. The third-order valence-electron chi connectivity index (χ3n) is 5.22. The molecule has 0 aliphatic carbocycles. The maximum atomic E-state index is 13.3. The second-order valence-electron chi connectivity index (χ2n) is 7.44. The highest BCUT2D eigenvalue weighted by Crippen LogP contribution is 2.37. The topological polar surface area (TPSA) is 99.1 Å². The van der Waals surface area contributed by atoms with Gasteiger partial charge in [-0.1, -0.05) is 30.3 Å². The number of nitrogens with zero attached hydrogens (tertiary/aromatic N) is 1. The summed E-state index contributed by atoms with van der Waals surface area (Å²) < 4.78 is 41.6. The van der Waals surface area contributed by atoms with Crippen LogP contribution in [-0.4, -0.2) is 26.9 Å². The number of anilines is 3. The van der Waals surface area contributed by atoms with Crippen molar-refractivity contribution in [1.29, 1.82) is 0 Å². The van der Waals surface area contributed by atoms with Crippen molar-refractivity contribution in [1.82, 2.24) is 0 Å². The minimum Gasteiger partial charge on any atom is -0.506 e. The lowest BCUT2D eigenvalue weighted by Gasteiger charge is -2.22. The number of carbonyl (C=O) groups is 1. The van der Waals surface area contributed by atoms with Crippen molar-refractivity contribution in [2.75, 3.05) is 16.7 Å². The highest BCUT2D eigenvalue weighted by Gasteiger charge is 2.20. The van der Waals surface area contributed by atoms with Crippen LogP contribution < -0.4 is 14.4 Å². The Morgan fingerprint density at radius 1 is 0.971 bits per heavy atom. The largest absolute Gasteiger partial charge is 0.506 e. The van der Waals surface area contributed by atoms with Crippen LogP contribution in [0.1, 0.15) is 10.4 Å². The van der Waals surface area contributed by atoms with Crippen molar-refractivity contribution in [2.45, 2.75) is 0 Å². The zero-order valence-electron chi connectivity index (χ0n) is 18.5. The molecule has 1 unspecified atom stereocenters. The molecule has 0 heterocycles. The molecule has 0 aliphatic heterocycles. The van der Waals surface area contributed by atoms with Crippen LogP contribution in [0.3, 0.4) is 0 Å². The van der Waals surface area contributed by atoms with Crippen LogP contribution in [-0.2, 0) is 11.3 Å². The van der Waals surface area contributed by atoms with Gasteiger partial charge in [0.25, 0.3) is 17.2 Å². The van der Waals surface area contributed by atoms with Crippen LogP contribution in [0.5, 0.6) is 11.5 Å². The van der Waals surface area contributed by atoms with Gasteiger partial charge in [0.1, 0.15) is 23.0 Å². The molecule has 1 atom stereocenters. The minimum absolute atomic E-state index is 0.0488. The molecule has 0 bridgehead atoms. The average molecular weight is 493 g/mol. The van der Waals surface area contributed by atoms with Gasteiger partial charge in [0.05, 0.1) is 12.8 Å². The molecule has 0 radical (unpaired) electrons. The van der Waals surface area contributed by atoms with Crippen LogP contribution in [0.25, 0.3) is 11.1 Å². The number of halogens is 1. The number of rotatable bonds is 7. The first-order valence-corrected chi connectivity index (χ1v) is 11.5. The number of carbonyl (C=O) groups excluding carboxylic acids is 1. The molecule has 0 fully saturated rings. The van der Waals surface area contributed by atoms with E-state index in [0.29, 0.717) is 11.3 Å². The summed E-state index contributed by atoms with van der Waals surface area (Å²) in [6.07, 6.45) is 0. The molecule has 4 aromatic rings. The summed E-state index contributed by atoms with van der Waals surface area (Å²) in [7, 11) is 1.52. The number of hydrogen-bond donors (Lipinski definition) is 3. The Hall–Kier alpha value is -4.21. The summed E-state index contributed by atoms with van der Waals surface area (Å²) in [5.41, 5.74) is 2.50. The highest BCUT2D eigenvalue weighted by atomic mass is 32.2. The third-order valence-corrected chi connectivity index (χ3v) is 5.94. The van der Waals surface area contributed by atoms with Crippen molar-refractivity contribution >= 4 is 34.2 Å². The predicted octanol–water partition coefficient (Wildman–Crippen LogP) is 5.73. The molecule has 4 aromatic carbocycles. The fraction of sp³-hybridized carbons (Fsp3) is 0.0385. The molecule has 0 saturated heterocycles. The van der Waals surface area contributed by atoms with E-state index in [1.807, 2.05) is 30.3 Å². The van der Waals surface area contributed by atoms with Crippen LogP contribution in [0.2, 0.25) is 0 Å². The van der Waals surface area contributed by atoms with E-state index in [0.717, 1.165) is 27.6 Å². The molecule has 35 heavy (non-hydrogen) atoms. The van der Waals surface area contributed by atoms with Crippen molar-refractivity contribution in [3.63, 3.8) is 0 Å². The lowest BCUT2D eigenvalue weighted by atomic mass is 10.0. The van der Waals surface area contributed by atoms with E-state index in [4.69, 9.17) is 4.74 Å². The fourth-order valence-corrected chi connectivity index (χ4v) is 4.16. The van der Waals surface area contributed by atoms with Crippen LogP contribution in [0.4, 0.5) is 21.5 Å². The van der Waals surface area contributed by atoms with E-state index in [1.165, 1.54) is 37.4 Å². The van der Waals surface area contributed by atoms with Gasteiger partial charge in [-0.05, 0) is 66.2 Å². The van der Waals surface area contributed by atoms with E-state index in [2.05, 4.69) is 5.32 Å². The van der Waals surface area contributed by atoms with Crippen molar-refractivity contribution in [2.24, 2.45) is 0 Å². The molecule has 0 saturated carbocycles. The van der Waals surface area contributed by atoms with Gasteiger partial charge in [-0.2, -0.15) is 0 Å². The minimum atomic E-state index is -2.58. The normalized spacial score (nSPS) is 11.5. The van der Waals surface area contributed by atoms with E-state index >= 15 is 0 Å². The molecular weight excluding hydrogens is 471 g/mol. The number of phenolic OH excluding ortho intramolecular Hbond substituents is 1. The van der Waals surface area contributed by atoms with Gasteiger partial charge < -0.3 is 15.2 Å². The van der Waals surface area contributed by atoms with Crippen LogP contribution >= 0.6 is 0 Å². The molecule has 178 valence electrons. The number of phenols is 1. The van der Waals surface area contributed by atoms with Gasteiger partial charge in [0.15, 0.2) is 0 Å². The predicted molar refractivity (Wildman–Crippen MR) is 134 cm³/mol. The molecule has 9 heteroatoms. The molecule has 0 spiro atoms. The number of hydrogen-bond acceptors (Lipinski definition) is 4. The maximum absolute atomic E-state index is 13.3. The Bertz CT molecular complexity index is 1380. The third kappa shape index (κ3) is 5.32. The van der Waals surface area contributed by atoms with Gasteiger partial charge >= 0.3 is 0 Å². The first-order chi connectivity index (χ1) is 16.9. The Morgan fingerprint density at radius 3 is 2.34 bits per heavy atom. The van der Waals surface area contributed by atoms with Gasteiger partial charge in [0.2, 0.25) is 0 Å². The molecule has 7 nitrogen and oxygen atoms in total. The molecule has 4 rings (SSSR count). The molecule has 3 N–H and O–H groups in total. The number of nitrogens with one attached hydrogen (secondary N) is 1. The van der Waals surface area contributed by atoms with E-state index in [1.54, 1.807) is 18.2 Å². The summed E-state index contributed by atoms with van der Waals surface area (Å²) >= 11 is -2.58. The molecule has 0 aromatic heterocycles. The monoisotopic (exact) mass is 492 g/mol. The van der Waals surface area contributed by atoms with Gasteiger partial charge in [-0.3, -0.25) is 9.35 Å². The zero-order valence-corrected chi connectivity index (χ0v) is 19.3. The van der Waals surface area contributed by atoms with Gasteiger partial charge in [-0.25, -0.2) is 12.9 Å². The first kappa shape index (κ1) is 23.9. The Labute approximate surface area is 203 Å². The standard InChI is InChI=1S/C26H21FN2O5S/c1-34-25-15-18(7-13-22(25)17-5-3-2-4-6-17)26(31)28-20-10-14-24(30)23(16-20)29(35(32)33)21-11-8-19(27)9-12-21/h2-16,30H,1H3,(H,28,31)(H,32,33). The lowest BCUT2D eigenvalue weighted by Crippen LogP contribution is -2.20. The summed E-state index contributed by atoms with van der Waals surface area (Å²) in [5, 5.41) is 13.1. The first-order valence-electron chi connectivity index (χ1n) is 10.4. The van der Waals surface area contributed by atoms with Crippen molar-refractivity contribution in [3.8, 4) is 22.6 Å². The fourth-order valence-electron chi connectivity index (χ4n) is 3.55. The second-order valence-corrected chi connectivity index (χ2v) is 8.27. The van der Waals surface area contributed by atoms with E-state index in [9.17, 15) is 23.1 Å². The summed E-state index contributed by atoms with van der Waals surface area (Å²) in [6, 6.07) is 23.6. The number of amides is 1. The van der Waals surface area contributed by atoms with Crippen molar-refractivity contribution in [3.05, 3.63) is 102 Å². The molecular formula is C26H21FN2O5S. The number of ether oxygens (including phenoxy) is 1. The van der Waals surface area contributed by atoms with Gasteiger partial charge in [0, 0.05) is 16.8 Å². The Morgan fingerprint density at radius 2 is 1.69 bits per heavy atom. The van der Waals surface area contributed by atoms with E-state index < -0.39 is 23.0 Å². The average Bonchev–Trinajstić information content (AvgIpc) is 2.87. The van der Waals surface area contributed by atoms with E-state index in [-0.39, 0.29) is 22.8 Å².